The lowest BCUT2D eigenvalue weighted by molar-refractivity contribution is -0.141. The molecule has 2 heterocycles. The summed E-state index contributed by atoms with van der Waals surface area (Å²) in [5.74, 6) is 1.14. The molecule has 1 aliphatic carbocycles. The maximum Gasteiger partial charge on any atom is 0.433 e. The van der Waals surface area contributed by atoms with Crippen molar-refractivity contribution in [3.63, 3.8) is 0 Å². The van der Waals surface area contributed by atoms with E-state index in [1.165, 1.54) is 50.8 Å². The molecule has 0 saturated heterocycles. The monoisotopic (exact) mass is 402 g/mol. The molecule has 1 saturated carbocycles. The third kappa shape index (κ3) is 4.11. The topological polar surface area (TPSA) is 63.8 Å². The summed E-state index contributed by atoms with van der Waals surface area (Å²) in [7, 11) is 1.50. The Morgan fingerprint density at radius 1 is 0.966 bits per heavy atom. The zero-order valence-corrected chi connectivity index (χ0v) is 16.0. The van der Waals surface area contributed by atoms with E-state index in [4.69, 9.17) is 4.52 Å². The highest BCUT2D eigenvalue weighted by molar-refractivity contribution is 5.71. The van der Waals surface area contributed by atoms with Crippen LogP contribution in [0.15, 0.2) is 40.9 Å². The van der Waals surface area contributed by atoms with Crippen LogP contribution in [-0.4, -0.2) is 22.2 Å². The predicted octanol–water partition coefficient (Wildman–Crippen LogP) is 5.91. The van der Waals surface area contributed by atoms with E-state index in [9.17, 15) is 13.2 Å². The minimum atomic E-state index is -4.52. The van der Waals surface area contributed by atoms with Gasteiger partial charge >= 0.3 is 6.18 Å². The molecule has 5 nitrogen and oxygen atoms in total. The molecule has 0 bridgehead atoms. The summed E-state index contributed by atoms with van der Waals surface area (Å²) in [4.78, 5) is 7.98. The first-order valence-corrected chi connectivity index (χ1v) is 9.66. The van der Waals surface area contributed by atoms with Crippen LogP contribution >= 0.6 is 0 Å². The minimum absolute atomic E-state index is 0.0415. The Morgan fingerprint density at radius 3 is 2.34 bits per heavy atom. The third-order valence-corrected chi connectivity index (χ3v) is 5.32. The molecule has 0 unspecified atom stereocenters. The number of hydrogen-bond donors (Lipinski definition) is 1. The van der Waals surface area contributed by atoms with Crippen LogP contribution in [0, 0.1) is 0 Å². The smallest absolute Gasteiger partial charge is 0.373 e. The number of alkyl halides is 3. The maximum absolute atomic E-state index is 12.9. The second-order valence-corrected chi connectivity index (χ2v) is 7.22. The van der Waals surface area contributed by atoms with Crippen LogP contribution in [0.1, 0.15) is 49.3 Å². The van der Waals surface area contributed by atoms with Gasteiger partial charge in [0.25, 0.3) is 5.89 Å². The zero-order valence-electron chi connectivity index (χ0n) is 16.0. The fourth-order valence-electron chi connectivity index (χ4n) is 3.77. The van der Waals surface area contributed by atoms with Gasteiger partial charge in [0.15, 0.2) is 0 Å². The number of aromatic nitrogens is 3. The molecule has 4 rings (SSSR count). The van der Waals surface area contributed by atoms with Crippen molar-refractivity contribution >= 4 is 5.82 Å². The Morgan fingerprint density at radius 2 is 1.69 bits per heavy atom. The summed E-state index contributed by atoms with van der Waals surface area (Å²) in [6, 6.07) is 10.3. The first-order valence-electron chi connectivity index (χ1n) is 9.66. The lowest BCUT2D eigenvalue weighted by Crippen LogP contribution is -2.10. The second kappa shape index (κ2) is 7.85. The van der Waals surface area contributed by atoms with Crippen LogP contribution in [0.25, 0.3) is 22.8 Å². The number of pyridine rings is 1. The molecule has 1 fully saturated rings. The van der Waals surface area contributed by atoms with E-state index >= 15 is 0 Å². The Kier molecular flexibility index (Phi) is 5.25. The van der Waals surface area contributed by atoms with Gasteiger partial charge in [0.1, 0.15) is 11.5 Å². The van der Waals surface area contributed by atoms with Crippen molar-refractivity contribution in [3.8, 4) is 22.8 Å². The molecule has 1 aliphatic rings. The van der Waals surface area contributed by atoms with Gasteiger partial charge in [-0.15, -0.1) is 0 Å². The fraction of sp³-hybridized carbons (Fsp3) is 0.381. The highest BCUT2D eigenvalue weighted by Gasteiger charge is 2.33. The first kappa shape index (κ1) is 19.4. The fourth-order valence-corrected chi connectivity index (χ4v) is 3.77. The molecule has 8 heteroatoms. The van der Waals surface area contributed by atoms with Gasteiger partial charge in [-0.3, -0.25) is 0 Å². The van der Waals surface area contributed by atoms with Crippen molar-refractivity contribution in [1.82, 2.24) is 15.1 Å². The summed E-state index contributed by atoms with van der Waals surface area (Å²) in [5, 5.41) is 6.59. The van der Waals surface area contributed by atoms with Crippen molar-refractivity contribution in [2.75, 3.05) is 12.4 Å². The van der Waals surface area contributed by atoms with E-state index in [0.717, 1.165) is 11.6 Å². The van der Waals surface area contributed by atoms with E-state index < -0.39 is 11.9 Å². The molecule has 152 valence electrons. The van der Waals surface area contributed by atoms with Crippen molar-refractivity contribution in [2.24, 2.45) is 0 Å². The molecular weight excluding hydrogens is 381 g/mol. The minimum Gasteiger partial charge on any atom is -0.373 e. The van der Waals surface area contributed by atoms with Gasteiger partial charge in [-0.2, -0.15) is 18.2 Å². The summed E-state index contributed by atoms with van der Waals surface area (Å²) in [5.41, 5.74) is 1.45. The molecule has 0 spiro atoms. The van der Waals surface area contributed by atoms with Gasteiger partial charge in [-0.25, -0.2) is 4.98 Å². The highest BCUT2D eigenvalue weighted by atomic mass is 19.4. The molecule has 0 amide bonds. The van der Waals surface area contributed by atoms with Crippen LogP contribution in [-0.2, 0) is 6.18 Å². The SMILES string of the molecule is CNc1nc(C(F)(F)F)ccc1-c1noc(-c2ccc(C3CCCCC3)cc2)n1. The van der Waals surface area contributed by atoms with Gasteiger partial charge in [-0.1, -0.05) is 36.6 Å². The summed E-state index contributed by atoms with van der Waals surface area (Å²) in [6.45, 7) is 0. The number of halogens is 3. The van der Waals surface area contributed by atoms with Crippen molar-refractivity contribution in [1.29, 1.82) is 0 Å². The zero-order chi connectivity index (χ0) is 20.4. The first-order chi connectivity index (χ1) is 14.0. The molecule has 2 aromatic heterocycles. The number of nitrogens with one attached hydrogen (secondary N) is 1. The molecule has 0 aliphatic heterocycles. The molecule has 3 aromatic rings. The largest absolute Gasteiger partial charge is 0.433 e. The van der Waals surface area contributed by atoms with Crippen molar-refractivity contribution in [2.45, 2.75) is 44.2 Å². The van der Waals surface area contributed by atoms with Crippen LogP contribution in [0.2, 0.25) is 0 Å². The van der Waals surface area contributed by atoms with E-state index in [1.54, 1.807) is 0 Å². The van der Waals surface area contributed by atoms with Gasteiger partial charge in [0.2, 0.25) is 5.82 Å². The standard InChI is InChI=1S/C21H21F3N4O/c1-25-18-16(11-12-17(26-18)21(22,23)24)19-27-20(29-28-19)15-9-7-14(8-10-15)13-5-3-2-4-6-13/h7-13H,2-6H2,1H3,(H,25,26). The third-order valence-electron chi connectivity index (χ3n) is 5.32. The number of rotatable bonds is 4. The van der Waals surface area contributed by atoms with E-state index in [2.05, 4.69) is 32.6 Å². The summed E-state index contributed by atoms with van der Waals surface area (Å²) in [6.07, 6.45) is 1.78. The number of nitrogens with zero attached hydrogens (tertiary/aromatic N) is 3. The molecule has 29 heavy (non-hydrogen) atoms. The molecule has 0 radical (unpaired) electrons. The van der Waals surface area contributed by atoms with E-state index in [-0.39, 0.29) is 11.6 Å². The van der Waals surface area contributed by atoms with Gasteiger partial charge in [0, 0.05) is 12.6 Å². The van der Waals surface area contributed by atoms with E-state index in [0.29, 0.717) is 17.4 Å². The van der Waals surface area contributed by atoms with Crippen molar-refractivity contribution in [3.05, 3.63) is 47.7 Å². The Bertz CT molecular complexity index is 976. The number of benzene rings is 1. The predicted molar refractivity (Wildman–Crippen MR) is 103 cm³/mol. The Balaban J connectivity index is 1.58. The summed E-state index contributed by atoms with van der Waals surface area (Å²) >= 11 is 0. The number of anilines is 1. The van der Waals surface area contributed by atoms with Crippen molar-refractivity contribution < 1.29 is 17.7 Å². The lowest BCUT2D eigenvalue weighted by Gasteiger charge is -2.21. The molecule has 0 atom stereocenters. The van der Waals surface area contributed by atoms with Gasteiger partial charge in [0.05, 0.1) is 5.56 Å². The molecular formula is C21H21F3N4O. The van der Waals surface area contributed by atoms with Crippen LogP contribution in [0.4, 0.5) is 19.0 Å². The van der Waals surface area contributed by atoms with Crippen LogP contribution in [0.3, 0.4) is 0 Å². The summed E-state index contributed by atoms with van der Waals surface area (Å²) < 4.78 is 44.0. The Hall–Kier alpha value is -2.90. The normalized spacial score (nSPS) is 15.4. The highest BCUT2D eigenvalue weighted by Crippen LogP contribution is 2.35. The molecule has 1 N–H and O–H groups in total. The van der Waals surface area contributed by atoms with Crippen LogP contribution < -0.4 is 5.32 Å². The van der Waals surface area contributed by atoms with Gasteiger partial charge in [-0.05, 0) is 48.6 Å². The lowest BCUT2D eigenvalue weighted by atomic mass is 9.84. The van der Waals surface area contributed by atoms with E-state index in [1.807, 2.05) is 12.1 Å². The average molecular weight is 402 g/mol. The quantitative estimate of drug-likeness (QED) is 0.588. The maximum atomic E-state index is 12.9. The molecule has 1 aromatic carbocycles. The van der Waals surface area contributed by atoms with Gasteiger partial charge < -0.3 is 9.84 Å². The second-order valence-electron chi connectivity index (χ2n) is 7.22. The van der Waals surface area contributed by atoms with Crippen LogP contribution in [0.5, 0.6) is 0 Å². The average Bonchev–Trinajstić information content (AvgIpc) is 3.23. The number of hydrogen-bond acceptors (Lipinski definition) is 5. The Labute approximate surface area is 166 Å².